The summed E-state index contributed by atoms with van der Waals surface area (Å²) >= 11 is 1.52. The van der Waals surface area contributed by atoms with Gasteiger partial charge in [0.15, 0.2) is 0 Å². The zero-order valence-corrected chi connectivity index (χ0v) is 21.4. The molecule has 11 nitrogen and oxygen atoms in total. The zero-order chi connectivity index (χ0) is 25.4. The number of aliphatic imine (C=N–C) groups is 1. The first kappa shape index (κ1) is 23.7. The normalized spacial score (nSPS) is 19.2. The number of nitrogens with one attached hydrogen (secondary N) is 1. The van der Waals surface area contributed by atoms with E-state index in [0.29, 0.717) is 50.1 Å². The van der Waals surface area contributed by atoms with Gasteiger partial charge in [0.05, 0.1) is 37.7 Å². The van der Waals surface area contributed by atoms with Crippen molar-refractivity contribution in [3.63, 3.8) is 0 Å². The molecule has 1 spiro atoms. The summed E-state index contributed by atoms with van der Waals surface area (Å²) in [7, 11) is 1.60. The van der Waals surface area contributed by atoms with Crippen molar-refractivity contribution < 1.29 is 19.1 Å². The number of hydroxylamine groups is 2. The summed E-state index contributed by atoms with van der Waals surface area (Å²) in [6, 6.07) is 7.07. The van der Waals surface area contributed by atoms with Crippen molar-refractivity contribution in [3.8, 4) is 5.75 Å². The van der Waals surface area contributed by atoms with Crippen LogP contribution in [0.2, 0.25) is 0 Å². The Kier molecular flexibility index (Phi) is 6.21. The van der Waals surface area contributed by atoms with Crippen LogP contribution in [0.15, 0.2) is 34.6 Å². The molecule has 1 saturated heterocycles. The van der Waals surface area contributed by atoms with Crippen LogP contribution in [0.25, 0.3) is 10.2 Å². The van der Waals surface area contributed by atoms with Crippen molar-refractivity contribution in [2.75, 3.05) is 55.8 Å². The van der Waals surface area contributed by atoms with Crippen LogP contribution in [0, 0.1) is 0 Å². The number of benzene rings is 1. The lowest BCUT2D eigenvalue weighted by Crippen LogP contribution is -2.47. The molecule has 4 heterocycles. The molecule has 1 aliphatic carbocycles. The largest absolute Gasteiger partial charge is 0.497 e. The Morgan fingerprint density at radius 3 is 2.62 bits per heavy atom. The predicted molar refractivity (Wildman–Crippen MR) is 142 cm³/mol. The van der Waals surface area contributed by atoms with E-state index in [2.05, 4.69) is 20.2 Å². The second-order valence-corrected chi connectivity index (χ2v) is 10.4. The number of hydrogen-bond donors (Lipinski definition) is 2. The highest BCUT2D eigenvalue weighted by atomic mass is 32.1. The van der Waals surface area contributed by atoms with Crippen LogP contribution in [-0.4, -0.2) is 72.5 Å². The number of anilines is 3. The summed E-state index contributed by atoms with van der Waals surface area (Å²) in [5.41, 5.74) is 7.49. The van der Waals surface area contributed by atoms with Gasteiger partial charge in [-0.25, -0.2) is 14.8 Å². The summed E-state index contributed by atoms with van der Waals surface area (Å²) in [5, 5.41) is 7.34. The monoisotopic (exact) mass is 523 g/mol. The lowest BCUT2D eigenvalue weighted by Gasteiger charge is -2.34. The second kappa shape index (κ2) is 9.67. The Hall–Kier alpha value is -3.64. The topological polar surface area (TPSA) is 127 Å². The van der Waals surface area contributed by atoms with Crippen LogP contribution in [0.3, 0.4) is 0 Å². The SMILES string of the molecule is COc1ccc(NC(=O)ON2CCN(c3nc(N)nc4scc(C5=NCC6(CCCC6)O5)c34)CC2)cc1. The molecule has 2 fully saturated rings. The fourth-order valence-electron chi connectivity index (χ4n) is 5.15. The summed E-state index contributed by atoms with van der Waals surface area (Å²) < 4.78 is 11.6. The molecular weight excluding hydrogens is 494 g/mol. The van der Waals surface area contributed by atoms with Gasteiger partial charge in [-0.05, 0) is 49.9 Å². The number of nitrogens with zero attached hydrogens (tertiary/aromatic N) is 5. The highest BCUT2D eigenvalue weighted by Crippen LogP contribution is 2.40. The highest BCUT2D eigenvalue weighted by Gasteiger charge is 2.41. The third-order valence-corrected chi connectivity index (χ3v) is 7.96. The number of carbonyl (C=O) groups excluding carboxylic acids is 1. The van der Waals surface area contributed by atoms with Crippen LogP contribution >= 0.6 is 11.3 Å². The highest BCUT2D eigenvalue weighted by molar-refractivity contribution is 7.17. The van der Waals surface area contributed by atoms with Gasteiger partial charge in [-0.15, -0.1) is 16.4 Å². The average molecular weight is 524 g/mol. The molecule has 0 unspecified atom stereocenters. The van der Waals surface area contributed by atoms with Crippen molar-refractivity contribution in [1.29, 1.82) is 0 Å². The summed E-state index contributed by atoms with van der Waals surface area (Å²) in [6.07, 6.45) is 3.92. The number of aromatic nitrogens is 2. The van der Waals surface area contributed by atoms with Crippen LogP contribution in [0.4, 0.5) is 22.2 Å². The predicted octanol–water partition coefficient (Wildman–Crippen LogP) is 3.66. The van der Waals surface area contributed by atoms with Gasteiger partial charge >= 0.3 is 6.09 Å². The van der Waals surface area contributed by atoms with E-state index in [-0.39, 0.29) is 11.5 Å². The number of thiophene rings is 1. The number of rotatable bonds is 5. The van der Waals surface area contributed by atoms with E-state index < -0.39 is 6.09 Å². The third kappa shape index (κ3) is 4.74. The summed E-state index contributed by atoms with van der Waals surface area (Å²) in [6.45, 7) is 2.95. The Morgan fingerprint density at radius 1 is 1.14 bits per heavy atom. The molecule has 0 atom stereocenters. The van der Waals surface area contributed by atoms with Crippen LogP contribution in [-0.2, 0) is 9.57 Å². The van der Waals surface area contributed by atoms with Gasteiger partial charge < -0.3 is 24.9 Å². The van der Waals surface area contributed by atoms with Crippen LogP contribution < -0.4 is 20.7 Å². The van der Waals surface area contributed by atoms with Gasteiger partial charge in [-0.3, -0.25) is 5.32 Å². The van der Waals surface area contributed by atoms with Crippen molar-refractivity contribution >= 4 is 51.0 Å². The molecule has 3 aliphatic rings. The van der Waals surface area contributed by atoms with Gasteiger partial charge in [0.25, 0.3) is 0 Å². The number of carbonyl (C=O) groups is 1. The minimum Gasteiger partial charge on any atom is -0.497 e. The lowest BCUT2D eigenvalue weighted by atomic mass is 10.0. The van der Waals surface area contributed by atoms with E-state index in [0.717, 1.165) is 34.4 Å². The van der Waals surface area contributed by atoms with Crippen molar-refractivity contribution in [2.24, 2.45) is 4.99 Å². The average Bonchev–Trinajstić information content (AvgIpc) is 3.65. The molecule has 194 valence electrons. The third-order valence-electron chi connectivity index (χ3n) is 7.09. The molecule has 3 N–H and O–H groups in total. The number of methoxy groups -OCH3 is 1. The maximum atomic E-state index is 12.4. The molecule has 2 aliphatic heterocycles. The maximum absolute atomic E-state index is 12.4. The minimum atomic E-state index is -0.537. The van der Waals surface area contributed by atoms with Crippen LogP contribution in [0.5, 0.6) is 5.75 Å². The van der Waals surface area contributed by atoms with Gasteiger partial charge in [0.2, 0.25) is 11.8 Å². The first-order valence-corrected chi connectivity index (χ1v) is 13.3. The van der Waals surface area contributed by atoms with E-state index in [4.69, 9.17) is 25.0 Å². The number of hydrogen-bond acceptors (Lipinski definition) is 11. The molecular formula is C25H29N7O4S. The molecule has 2 aromatic heterocycles. The molecule has 12 heteroatoms. The number of amides is 1. The zero-order valence-electron chi connectivity index (χ0n) is 20.6. The minimum absolute atomic E-state index is 0.145. The Bertz CT molecular complexity index is 1330. The Morgan fingerprint density at radius 2 is 1.89 bits per heavy atom. The number of fused-ring (bicyclic) bond motifs is 1. The molecule has 3 aromatic rings. The number of nitrogen functional groups attached to an aromatic ring is 1. The van der Waals surface area contributed by atoms with Gasteiger partial charge in [0.1, 0.15) is 22.0 Å². The van der Waals surface area contributed by atoms with Crippen molar-refractivity contribution in [3.05, 3.63) is 35.2 Å². The standard InChI is InChI=1S/C25H29N7O4S/c1-34-17-6-4-16(5-7-17)28-24(33)36-32-12-10-31(11-13-32)20-19-18(14-37-22(19)30-23(26)29-20)21-27-15-25(35-21)8-2-3-9-25/h4-7,14H,2-3,8-13,15H2,1H3,(H,28,33)(H2,26,29,30). The summed E-state index contributed by atoms with van der Waals surface area (Å²) in [4.78, 5) is 34.7. The van der Waals surface area contributed by atoms with Gasteiger partial charge in [-0.1, -0.05) is 0 Å². The van der Waals surface area contributed by atoms with E-state index >= 15 is 0 Å². The Balaban J connectivity index is 1.14. The number of piperazine rings is 1. The molecule has 0 bridgehead atoms. The molecule has 1 aromatic carbocycles. The van der Waals surface area contributed by atoms with E-state index in [1.165, 1.54) is 24.2 Å². The van der Waals surface area contributed by atoms with Gasteiger partial charge in [0, 0.05) is 24.2 Å². The van der Waals surface area contributed by atoms with E-state index in [1.54, 1.807) is 36.4 Å². The van der Waals surface area contributed by atoms with Crippen molar-refractivity contribution in [2.45, 2.75) is 31.3 Å². The van der Waals surface area contributed by atoms with Crippen molar-refractivity contribution in [1.82, 2.24) is 15.0 Å². The van der Waals surface area contributed by atoms with Gasteiger partial charge in [-0.2, -0.15) is 4.98 Å². The number of nitrogens with two attached hydrogens (primary N) is 1. The smallest absolute Gasteiger partial charge is 0.430 e. The molecule has 37 heavy (non-hydrogen) atoms. The molecule has 1 saturated carbocycles. The quantitative estimate of drug-likeness (QED) is 0.515. The molecule has 6 rings (SSSR count). The van der Waals surface area contributed by atoms with Crippen LogP contribution in [0.1, 0.15) is 31.2 Å². The summed E-state index contributed by atoms with van der Waals surface area (Å²) in [5.74, 6) is 2.39. The first-order chi connectivity index (χ1) is 18.0. The maximum Gasteiger partial charge on any atom is 0.430 e. The number of ether oxygens (including phenoxy) is 2. The van der Waals surface area contributed by atoms with E-state index in [9.17, 15) is 4.79 Å². The molecule has 0 radical (unpaired) electrons. The molecule has 1 amide bonds. The van der Waals surface area contributed by atoms with E-state index in [1.807, 2.05) is 5.38 Å². The fourth-order valence-corrected chi connectivity index (χ4v) is 6.07. The first-order valence-electron chi connectivity index (χ1n) is 12.4. The fraction of sp³-hybridized carbons (Fsp3) is 0.440. The Labute approximate surface area is 218 Å². The lowest BCUT2D eigenvalue weighted by molar-refractivity contribution is -0.0966. The second-order valence-electron chi connectivity index (χ2n) is 9.50.